The molecule has 20 heavy (non-hydrogen) atoms. The molecule has 0 heterocycles. The van der Waals surface area contributed by atoms with Crippen LogP contribution in [-0.4, -0.2) is 24.4 Å². The predicted octanol–water partition coefficient (Wildman–Crippen LogP) is 1.75. The molecule has 0 radical (unpaired) electrons. The Kier molecular flexibility index (Phi) is 4.77. The molecule has 2 atom stereocenters. The lowest BCUT2D eigenvalue weighted by molar-refractivity contribution is -0.129. The molecule has 4 heteroatoms. The van der Waals surface area contributed by atoms with Gasteiger partial charge in [-0.25, -0.2) is 0 Å². The molecule has 2 N–H and O–H groups in total. The Morgan fingerprint density at radius 2 is 2.10 bits per heavy atom. The molecule has 0 fully saturated rings. The lowest BCUT2D eigenvalue weighted by Gasteiger charge is -2.26. The number of nitrogens with one attached hydrogen (secondary N) is 2. The summed E-state index contributed by atoms with van der Waals surface area (Å²) in [5.74, 6) is -0.308. The van der Waals surface area contributed by atoms with Crippen LogP contribution in [0.1, 0.15) is 43.7 Å². The van der Waals surface area contributed by atoms with Gasteiger partial charge in [0.25, 0.3) is 0 Å². The van der Waals surface area contributed by atoms with E-state index in [1.54, 1.807) is 6.92 Å². The van der Waals surface area contributed by atoms with Crippen molar-refractivity contribution in [2.45, 2.75) is 45.1 Å². The lowest BCUT2D eigenvalue weighted by Crippen LogP contribution is -2.46. The van der Waals surface area contributed by atoms with E-state index < -0.39 is 6.04 Å². The number of aryl methyl sites for hydroxylation is 1. The minimum Gasteiger partial charge on any atom is -0.355 e. The van der Waals surface area contributed by atoms with Gasteiger partial charge in [0.15, 0.2) is 0 Å². The van der Waals surface area contributed by atoms with E-state index in [0.29, 0.717) is 6.54 Å². The minimum absolute atomic E-state index is 0.0455. The number of rotatable bonds is 4. The molecule has 2 rings (SSSR count). The molecule has 108 valence electrons. The first kappa shape index (κ1) is 14.6. The van der Waals surface area contributed by atoms with E-state index in [1.165, 1.54) is 5.56 Å². The summed E-state index contributed by atoms with van der Waals surface area (Å²) in [5, 5.41) is 5.54. The fraction of sp³-hybridized carbons (Fsp3) is 0.500. The molecule has 0 aromatic heterocycles. The lowest BCUT2D eigenvalue weighted by atomic mass is 9.82. The van der Waals surface area contributed by atoms with Crippen molar-refractivity contribution in [3.63, 3.8) is 0 Å². The molecule has 0 saturated carbocycles. The molecule has 0 saturated heterocycles. The van der Waals surface area contributed by atoms with Crippen molar-refractivity contribution in [2.75, 3.05) is 6.54 Å². The third-order valence-electron chi connectivity index (χ3n) is 3.79. The largest absolute Gasteiger partial charge is 0.355 e. The number of hydrogen-bond acceptors (Lipinski definition) is 2. The van der Waals surface area contributed by atoms with Crippen LogP contribution < -0.4 is 10.6 Å². The summed E-state index contributed by atoms with van der Waals surface area (Å²) in [6, 6.07) is 7.60. The second-order valence-corrected chi connectivity index (χ2v) is 5.27. The van der Waals surface area contributed by atoms with E-state index in [9.17, 15) is 9.59 Å². The Labute approximate surface area is 119 Å². The van der Waals surface area contributed by atoms with E-state index in [1.807, 2.05) is 25.1 Å². The Hall–Kier alpha value is -1.84. The third kappa shape index (κ3) is 3.18. The second kappa shape index (κ2) is 6.55. The van der Waals surface area contributed by atoms with Crippen molar-refractivity contribution in [2.24, 2.45) is 0 Å². The summed E-state index contributed by atoms with van der Waals surface area (Å²) < 4.78 is 0. The van der Waals surface area contributed by atoms with Crippen molar-refractivity contribution in [1.82, 2.24) is 10.6 Å². The topological polar surface area (TPSA) is 58.2 Å². The number of carbonyl (C=O) groups is 2. The Bertz CT molecular complexity index is 499. The van der Waals surface area contributed by atoms with Gasteiger partial charge in [-0.15, -0.1) is 0 Å². The number of amides is 2. The van der Waals surface area contributed by atoms with Crippen LogP contribution >= 0.6 is 0 Å². The van der Waals surface area contributed by atoms with Gasteiger partial charge in [-0.05, 0) is 44.2 Å². The van der Waals surface area contributed by atoms with Crippen molar-refractivity contribution in [3.8, 4) is 0 Å². The van der Waals surface area contributed by atoms with E-state index in [4.69, 9.17) is 0 Å². The number of likely N-dealkylation sites (N-methyl/N-ethyl adjacent to an activating group) is 1. The van der Waals surface area contributed by atoms with Gasteiger partial charge in [0.1, 0.15) is 6.04 Å². The normalized spacial score (nSPS) is 18.8. The maximum absolute atomic E-state index is 12.4. The van der Waals surface area contributed by atoms with E-state index >= 15 is 0 Å². The zero-order valence-corrected chi connectivity index (χ0v) is 12.1. The zero-order valence-electron chi connectivity index (χ0n) is 12.1. The van der Waals surface area contributed by atoms with Crippen LogP contribution in [0, 0.1) is 0 Å². The summed E-state index contributed by atoms with van der Waals surface area (Å²) >= 11 is 0. The predicted molar refractivity (Wildman–Crippen MR) is 78.4 cm³/mol. The highest BCUT2D eigenvalue weighted by atomic mass is 16.2. The Morgan fingerprint density at radius 3 is 2.85 bits per heavy atom. The number of fused-ring (bicyclic) bond motifs is 1. The average molecular weight is 274 g/mol. The third-order valence-corrected chi connectivity index (χ3v) is 3.79. The highest BCUT2D eigenvalue weighted by Gasteiger charge is 2.27. The van der Waals surface area contributed by atoms with Crippen LogP contribution in [0.25, 0.3) is 0 Å². The standard InChI is InChI=1S/C16H22N2O2/c1-3-17-15(19)11(2)18-16(20)14-10-6-8-12-7-4-5-9-13(12)14/h4-5,7,9,11,14H,3,6,8,10H2,1-2H3,(H,17,19)(H,18,20)/t11-,14-/m0/s1. The number of hydrogen-bond donors (Lipinski definition) is 2. The van der Waals surface area contributed by atoms with Crippen molar-refractivity contribution >= 4 is 11.8 Å². The van der Waals surface area contributed by atoms with Crippen LogP contribution in [-0.2, 0) is 16.0 Å². The summed E-state index contributed by atoms with van der Waals surface area (Å²) in [6.07, 6.45) is 2.90. The fourth-order valence-corrected chi connectivity index (χ4v) is 2.73. The van der Waals surface area contributed by atoms with Crippen molar-refractivity contribution in [3.05, 3.63) is 35.4 Å². The zero-order chi connectivity index (χ0) is 14.5. The summed E-state index contributed by atoms with van der Waals surface area (Å²) in [5.41, 5.74) is 2.36. The minimum atomic E-state index is -0.489. The van der Waals surface area contributed by atoms with E-state index in [-0.39, 0.29) is 17.7 Å². The van der Waals surface area contributed by atoms with Gasteiger partial charge in [0.05, 0.1) is 5.92 Å². The van der Waals surface area contributed by atoms with Gasteiger partial charge >= 0.3 is 0 Å². The molecule has 1 aliphatic carbocycles. The Morgan fingerprint density at radius 1 is 1.35 bits per heavy atom. The van der Waals surface area contributed by atoms with Crippen LogP contribution in [0.5, 0.6) is 0 Å². The highest BCUT2D eigenvalue weighted by Crippen LogP contribution is 2.31. The van der Waals surface area contributed by atoms with E-state index in [2.05, 4.69) is 16.7 Å². The molecule has 0 unspecified atom stereocenters. The van der Waals surface area contributed by atoms with Gasteiger partial charge in [0, 0.05) is 6.54 Å². The fourth-order valence-electron chi connectivity index (χ4n) is 2.73. The summed E-state index contributed by atoms with van der Waals surface area (Å²) in [6.45, 7) is 4.16. The molecule has 0 aliphatic heterocycles. The van der Waals surface area contributed by atoms with Crippen LogP contribution in [0.2, 0.25) is 0 Å². The Balaban J connectivity index is 2.05. The van der Waals surface area contributed by atoms with Crippen LogP contribution in [0.15, 0.2) is 24.3 Å². The van der Waals surface area contributed by atoms with Gasteiger partial charge in [-0.2, -0.15) is 0 Å². The molecule has 0 spiro atoms. The summed E-state index contributed by atoms with van der Waals surface area (Å²) in [4.78, 5) is 24.1. The molecule has 1 aromatic rings. The smallest absolute Gasteiger partial charge is 0.242 e. The molecule has 1 aromatic carbocycles. The molecular formula is C16H22N2O2. The van der Waals surface area contributed by atoms with Gasteiger partial charge in [-0.3, -0.25) is 9.59 Å². The number of carbonyl (C=O) groups excluding carboxylic acids is 2. The first-order valence-electron chi connectivity index (χ1n) is 7.29. The van der Waals surface area contributed by atoms with Gasteiger partial charge < -0.3 is 10.6 Å². The van der Waals surface area contributed by atoms with Crippen LogP contribution in [0.4, 0.5) is 0 Å². The van der Waals surface area contributed by atoms with Crippen molar-refractivity contribution < 1.29 is 9.59 Å². The van der Waals surface area contributed by atoms with Gasteiger partial charge in [-0.1, -0.05) is 24.3 Å². The van der Waals surface area contributed by atoms with Gasteiger partial charge in [0.2, 0.25) is 11.8 Å². The van der Waals surface area contributed by atoms with Crippen LogP contribution in [0.3, 0.4) is 0 Å². The molecule has 2 amide bonds. The number of benzene rings is 1. The molecule has 0 bridgehead atoms. The molecular weight excluding hydrogens is 252 g/mol. The first-order chi connectivity index (χ1) is 9.63. The maximum Gasteiger partial charge on any atom is 0.242 e. The highest BCUT2D eigenvalue weighted by molar-refractivity contribution is 5.90. The summed E-state index contributed by atoms with van der Waals surface area (Å²) in [7, 11) is 0. The SMILES string of the molecule is CCNC(=O)[C@H](C)NC(=O)[C@H]1CCCc2ccccc21. The second-order valence-electron chi connectivity index (χ2n) is 5.27. The monoisotopic (exact) mass is 274 g/mol. The first-order valence-corrected chi connectivity index (χ1v) is 7.29. The average Bonchev–Trinajstić information content (AvgIpc) is 2.46. The quantitative estimate of drug-likeness (QED) is 0.878. The van der Waals surface area contributed by atoms with E-state index in [0.717, 1.165) is 24.8 Å². The maximum atomic E-state index is 12.4. The molecule has 4 nitrogen and oxygen atoms in total. The molecule has 1 aliphatic rings. The van der Waals surface area contributed by atoms with Crippen molar-refractivity contribution in [1.29, 1.82) is 0 Å².